The minimum atomic E-state index is -0.565. The Morgan fingerprint density at radius 3 is 2.50 bits per heavy atom. The van der Waals surface area contributed by atoms with Gasteiger partial charge in [-0.25, -0.2) is 4.79 Å². The zero-order chi connectivity index (χ0) is 17.9. The van der Waals surface area contributed by atoms with Gasteiger partial charge in [0.05, 0.1) is 19.8 Å². The fourth-order valence-electron chi connectivity index (χ4n) is 2.27. The van der Waals surface area contributed by atoms with Gasteiger partial charge in [0, 0.05) is 32.3 Å². The molecular weight excluding hydrogens is 318 g/mol. The number of hydrogen-bond donors (Lipinski definition) is 3. The standard InChI is InChI=1S/C15H25N3O6/c1-2-24-13(21)5-3-4-6-18-11-12(14(22)16-15(18)23)17(7-9-19)8-10-20/h11,19-20H,2-10H2,1H3,(H,16,22,23). The number of ether oxygens (including phenoxy) is 1. The summed E-state index contributed by atoms with van der Waals surface area (Å²) >= 11 is 0. The zero-order valence-corrected chi connectivity index (χ0v) is 13.9. The maximum absolute atomic E-state index is 11.9. The fourth-order valence-corrected chi connectivity index (χ4v) is 2.27. The van der Waals surface area contributed by atoms with Crippen molar-refractivity contribution in [3.8, 4) is 0 Å². The normalized spacial score (nSPS) is 10.6. The molecule has 0 spiro atoms. The molecule has 3 N–H and O–H groups in total. The monoisotopic (exact) mass is 343 g/mol. The van der Waals surface area contributed by atoms with Crippen LogP contribution in [0, 0.1) is 0 Å². The molecule has 0 saturated heterocycles. The number of aliphatic hydroxyl groups is 2. The smallest absolute Gasteiger partial charge is 0.328 e. The number of unbranched alkanes of at least 4 members (excludes halogenated alkanes) is 1. The van der Waals surface area contributed by atoms with Crippen LogP contribution in [0.2, 0.25) is 0 Å². The lowest BCUT2D eigenvalue weighted by Crippen LogP contribution is -2.38. The highest BCUT2D eigenvalue weighted by atomic mass is 16.5. The van der Waals surface area contributed by atoms with Crippen molar-refractivity contribution in [2.75, 3.05) is 37.8 Å². The molecule has 1 heterocycles. The molecule has 0 aliphatic carbocycles. The summed E-state index contributed by atoms with van der Waals surface area (Å²) in [6.07, 6.45) is 2.83. The van der Waals surface area contributed by atoms with Crippen molar-refractivity contribution in [3.05, 3.63) is 27.0 Å². The molecule has 1 aromatic heterocycles. The van der Waals surface area contributed by atoms with Crippen LogP contribution in [0.4, 0.5) is 5.69 Å². The Morgan fingerprint density at radius 1 is 1.25 bits per heavy atom. The van der Waals surface area contributed by atoms with Gasteiger partial charge < -0.3 is 19.8 Å². The van der Waals surface area contributed by atoms with E-state index < -0.39 is 11.2 Å². The van der Waals surface area contributed by atoms with Crippen molar-refractivity contribution in [1.82, 2.24) is 9.55 Å². The second-order valence-electron chi connectivity index (χ2n) is 5.16. The molecule has 136 valence electrons. The minimum absolute atomic E-state index is 0.171. The lowest BCUT2D eigenvalue weighted by Gasteiger charge is -2.22. The molecule has 0 aliphatic heterocycles. The van der Waals surface area contributed by atoms with Gasteiger partial charge >= 0.3 is 11.7 Å². The average Bonchev–Trinajstić information content (AvgIpc) is 2.53. The summed E-state index contributed by atoms with van der Waals surface area (Å²) in [6, 6.07) is 0. The van der Waals surface area contributed by atoms with E-state index in [-0.39, 0.29) is 44.4 Å². The number of H-pyrrole nitrogens is 1. The Labute approximate surface area is 139 Å². The van der Waals surface area contributed by atoms with Crippen LogP contribution in [-0.4, -0.2) is 58.6 Å². The number of rotatable bonds is 11. The van der Waals surface area contributed by atoms with Gasteiger partial charge in [-0.05, 0) is 19.8 Å². The number of carbonyl (C=O) groups is 1. The first-order valence-electron chi connectivity index (χ1n) is 7.99. The lowest BCUT2D eigenvalue weighted by molar-refractivity contribution is -0.143. The number of nitrogens with one attached hydrogen (secondary N) is 1. The molecule has 0 radical (unpaired) electrons. The van der Waals surface area contributed by atoms with Gasteiger partial charge in [-0.15, -0.1) is 0 Å². The number of aliphatic hydroxyl groups excluding tert-OH is 2. The summed E-state index contributed by atoms with van der Waals surface area (Å²) < 4.78 is 6.18. The first kappa shape index (κ1) is 19.9. The van der Waals surface area contributed by atoms with Crippen LogP contribution in [0.1, 0.15) is 26.2 Å². The minimum Gasteiger partial charge on any atom is -0.466 e. The Bertz CT molecular complexity index is 618. The van der Waals surface area contributed by atoms with Crippen LogP contribution in [-0.2, 0) is 16.1 Å². The van der Waals surface area contributed by atoms with Gasteiger partial charge in [0.1, 0.15) is 5.69 Å². The highest BCUT2D eigenvalue weighted by Gasteiger charge is 2.12. The summed E-state index contributed by atoms with van der Waals surface area (Å²) in [6.45, 7) is 2.40. The number of aromatic amines is 1. The molecule has 0 unspecified atom stereocenters. The number of anilines is 1. The number of esters is 1. The quantitative estimate of drug-likeness (QED) is 0.350. The van der Waals surface area contributed by atoms with Gasteiger partial charge in [-0.1, -0.05) is 0 Å². The maximum atomic E-state index is 11.9. The van der Waals surface area contributed by atoms with Crippen LogP contribution in [0.3, 0.4) is 0 Å². The van der Waals surface area contributed by atoms with Gasteiger partial charge in [0.2, 0.25) is 0 Å². The van der Waals surface area contributed by atoms with Crippen molar-refractivity contribution in [2.24, 2.45) is 0 Å². The number of nitrogens with zero attached hydrogens (tertiary/aromatic N) is 2. The van der Waals surface area contributed by atoms with E-state index in [1.54, 1.807) is 6.92 Å². The molecule has 1 aromatic rings. The average molecular weight is 343 g/mol. The van der Waals surface area contributed by atoms with E-state index in [4.69, 9.17) is 14.9 Å². The van der Waals surface area contributed by atoms with Crippen molar-refractivity contribution in [3.63, 3.8) is 0 Å². The van der Waals surface area contributed by atoms with E-state index in [9.17, 15) is 14.4 Å². The summed E-state index contributed by atoms with van der Waals surface area (Å²) in [5.74, 6) is -0.274. The topological polar surface area (TPSA) is 125 Å². The number of aromatic nitrogens is 2. The van der Waals surface area contributed by atoms with E-state index in [0.717, 1.165) is 0 Å². The Morgan fingerprint density at radius 2 is 1.92 bits per heavy atom. The molecule has 1 rings (SSSR count). The number of carbonyl (C=O) groups excluding carboxylic acids is 1. The molecule has 0 aliphatic rings. The predicted octanol–water partition coefficient (Wildman–Crippen LogP) is -0.939. The van der Waals surface area contributed by atoms with Crippen molar-refractivity contribution in [1.29, 1.82) is 0 Å². The molecule has 0 aromatic carbocycles. The van der Waals surface area contributed by atoms with Gasteiger partial charge in [0.25, 0.3) is 5.56 Å². The molecule has 0 amide bonds. The lowest BCUT2D eigenvalue weighted by atomic mass is 10.2. The Hall–Kier alpha value is -2.13. The van der Waals surface area contributed by atoms with Crippen LogP contribution < -0.4 is 16.1 Å². The van der Waals surface area contributed by atoms with E-state index >= 15 is 0 Å². The van der Waals surface area contributed by atoms with Crippen LogP contribution in [0.25, 0.3) is 0 Å². The molecule has 0 fully saturated rings. The molecule has 0 saturated carbocycles. The Balaban J connectivity index is 2.77. The molecule has 0 atom stereocenters. The third-order valence-corrected chi connectivity index (χ3v) is 3.41. The van der Waals surface area contributed by atoms with Gasteiger partial charge in [-0.3, -0.25) is 19.1 Å². The summed E-state index contributed by atoms with van der Waals surface area (Å²) in [4.78, 5) is 38.8. The largest absolute Gasteiger partial charge is 0.466 e. The van der Waals surface area contributed by atoms with E-state index in [0.29, 0.717) is 26.0 Å². The van der Waals surface area contributed by atoms with E-state index in [1.165, 1.54) is 15.7 Å². The second-order valence-corrected chi connectivity index (χ2v) is 5.16. The summed E-state index contributed by atoms with van der Waals surface area (Å²) in [5.41, 5.74) is -0.888. The number of hydrogen-bond acceptors (Lipinski definition) is 7. The molecule has 0 bridgehead atoms. The van der Waals surface area contributed by atoms with Gasteiger partial charge in [0.15, 0.2) is 0 Å². The van der Waals surface area contributed by atoms with Crippen molar-refractivity contribution < 1.29 is 19.7 Å². The molecular formula is C15H25N3O6. The predicted molar refractivity (Wildman–Crippen MR) is 88.2 cm³/mol. The third-order valence-electron chi connectivity index (χ3n) is 3.41. The second kappa shape index (κ2) is 10.6. The van der Waals surface area contributed by atoms with Crippen molar-refractivity contribution in [2.45, 2.75) is 32.7 Å². The third kappa shape index (κ3) is 6.17. The zero-order valence-electron chi connectivity index (χ0n) is 13.9. The Kier molecular flexibility index (Phi) is 8.80. The first-order chi connectivity index (χ1) is 11.5. The highest BCUT2D eigenvalue weighted by molar-refractivity contribution is 5.69. The highest BCUT2D eigenvalue weighted by Crippen LogP contribution is 2.06. The molecule has 9 heteroatoms. The van der Waals surface area contributed by atoms with Crippen molar-refractivity contribution >= 4 is 11.7 Å². The first-order valence-corrected chi connectivity index (χ1v) is 7.99. The SMILES string of the molecule is CCOC(=O)CCCCn1cc(N(CCO)CCO)c(=O)[nH]c1=O. The fraction of sp³-hybridized carbons (Fsp3) is 0.667. The number of aryl methyl sites for hydroxylation is 1. The van der Waals surface area contributed by atoms with Gasteiger partial charge in [-0.2, -0.15) is 0 Å². The van der Waals surface area contributed by atoms with E-state index in [1.807, 2.05) is 0 Å². The van der Waals surface area contributed by atoms with Crippen LogP contribution in [0.5, 0.6) is 0 Å². The molecule has 9 nitrogen and oxygen atoms in total. The summed E-state index contributed by atoms with van der Waals surface area (Å²) in [7, 11) is 0. The molecule has 24 heavy (non-hydrogen) atoms. The maximum Gasteiger partial charge on any atom is 0.328 e. The van der Waals surface area contributed by atoms with Crippen LogP contribution in [0.15, 0.2) is 15.8 Å². The summed E-state index contributed by atoms with van der Waals surface area (Å²) in [5, 5.41) is 18.1. The van der Waals surface area contributed by atoms with Crippen LogP contribution >= 0.6 is 0 Å². The van der Waals surface area contributed by atoms with E-state index in [2.05, 4.69) is 4.98 Å².